The summed E-state index contributed by atoms with van der Waals surface area (Å²) in [5.41, 5.74) is 1.14. The first-order valence-electron chi connectivity index (χ1n) is 5.13. The van der Waals surface area contributed by atoms with Gasteiger partial charge >= 0.3 is 0 Å². The molecule has 1 aliphatic heterocycles. The van der Waals surface area contributed by atoms with Crippen LogP contribution in [0.3, 0.4) is 0 Å². The van der Waals surface area contributed by atoms with Crippen molar-refractivity contribution in [3.63, 3.8) is 0 Å². The molecule has 1 aromatic rings. The third-order valence-corrected chi connectivity index (χ3v) is 2.63. The largest absolute Gasteiger partial charge is 0.454 e. The van der Waals surface area contributed by atoms with Gasteiger partial charge in [-0.3, -0.25) is 0 Å². The average Bonchev–Trinajstić information content (AvgIpc) is 2.72. The Morgan fingerprint density at radius 1 is 1.50 bits per heavy atom. The first-order chi connectivity index (χ1) is 7.66. The maximum absolute atomic E-state index is 5.70. The molecular formula is C12H14ClNO2. The van der Waals surface area contributed by atoms with E-state index in [-0.39, 0.29) is 6.04 Å². The number of fused-ring (bicyclic) bond motifs is 1. The van der Waals surface area contributed by atoms with Crippen molar-refractivity contribution in [2.24, 2.45) is 0 Å². The van der Waals surface area contributed by atoms with Gasteiger partial charge in [0, 0.05) is 17.6 Å². The van der Waals surface area contributed by atoms with Gasteiger partial charge in [-0.2, -0.15) is 0 Å². The minimum absolute atomic E-state index is 0.199. The van der Waals surface area contributed by atoms with Gasteiger partial charge in [0.1, 0.15) is 0 Å². The summed E-state index contributed by atoms with van der Waals surface area (Å²) < 4.78 is 10.6. The van der Waals surface area contributed by atoms with E-state index >= 15 is 0 Å². The highest BCUT2D eigenvalue weighted by molar-refractivity contribution is 6.29. The Balaban J connectivity index is 2.06. The highest BCUT2D eigenvalue weighted by Crippen LogP contribution is 2.34. The summed E-state index contributed by atoms with van der Waals surface area (Å²) in [7, 11) is 0. The lowest BCUT2D eigenvalue weighted by atomic mass is 10.1. The monoisotopic (exact) mass is 239 g/mol. The molecule has 0 saturated heterocycles. The van der Waals surface area contributed by atoms with Gasteiger partial charge in [0.15, 0.2) is 11.5 Å². The van der Waals surface area contributed by atoms with E-state index < -0.39 is 0 Å². The Kier molecular flexibility index (Phi) is 3.36. The number of hydrogen-bond donors (Lipinski definition) is 1. The van der Waals surface area contributed by atoms with E-state index in [0.717, 1.165) is 17.1 Å². The van der Waals surface area contributed by atoms with Crippen LogP contribution in [-0.4, -0.2) is 13.3 Å². The number of halogens is 1. The van der Waals surface area contributed by atoms with Crippen molar-refractivity contribution in [1.29, 1.82) is 0 Å². The molecule has 3 nitrogen and oxygen atoms in total. The van der Waals surface area contributed by atoms with Gasteiger partial charge < -0.3 is 14.8 Å². The molecule has 0 radical (unpaired) electrons. The maximum atomic E-state index is 5.70. The van der Waals surface area contributed by atoms with Crippen molar-refractivity contribution in [2.45, 2.75) is 13.0 Å². The quantitative estimate of drug-likeness (QED) is 0.877. The lowest BCUT2D eigenvalue weighted by Gasteiger charge is -2.14. The number of ether oxygens (including phenoxy) is 2. The fourth-order valence-corrected chi connectivity index (χ4v) is 1.64. The molecule has 16 heavy (non-hydrogen) atoms. The van der Waals surface area contributed by atoms with E-state index in [1.807, 2.05) is 18.2 Å². The van der Waals surface area contributed by atoms with Crippen LogP contribution in [0.15, 0.2) is 29.8 Å². The first-order valence-corrected chi connectivity index (χ1v) is 5.51. The predicted molar refractivity (Wildman–Crippen MR) is 64.0 cm³/mol. The van der Waals surface area contributed by atoms with Gasteiger partial charge in [-0.1, -0.05) is 24.2 Å². The van der Waals surface area contributed by atoms with Crippen molar-refractivity contribution in [2.75, 3.05) is 13.3 Å². The fourth-order valence-electron chi connectivity index (χ4n) is 1.56. The van der Waals surface area contributed by atoms with Crippen LogP contribution in [0.1, 0.15) is 18.5 Å². The Labute approximate surface area is 100 Å². The van der Waals surface area contributed by atoms with E-state index in [1.54, 1.807) is 0 Å². The summed E-state index contributed by atoms with van der Waals surface area (Å²) in [5, 5.41) is 3.87. The summed E-state index contributed by atoms with van der Waals surface area (Å²) >= 11 is 5.70. The molecule has 0 amide bonds. The molecule has 2 rings (SSSR count). The number of hydrogen-bond acceptors (Lipinski definition) is 3. The molecule has 1 N–H and O–H groups in total. The third kappa shape index (κ3) is 2.49. The Morgan fingerprint density at radius 3 is 3.00 bits per heavy atom. The second kappa shape index (κ2) is 4.76. The van der Waals surface area contributed by atoms with Crippen molar-refractivity contribution in [3.8, 4) is 11.5 Å². The van der Waals surface area contributed by atoms with Crippen molar-refractivity contribution in [1.82, 2.24) is 5.32 Å². The van der Waals surface area contributed by atoms with E-state index in [1.165, 1.54) is 0 Å². The van der Waals surface area contributed by atoms with E-state index in [2.05, 4.69) is 18.8 Å². The van der Waals surface area contributed by atoms with Crippen LogP contribution < -0.4 is 14.8 Å². The van der Waals surface area contributed by atoms with E-state index in [9.17, 15) is 0 Å². The molecule has 1 aliphatic rings. The molecular weight excluding hydrogens is 226 g/mol. The summed E-state index contributed by atoms with van der Waals surface area (Å²) in [6.07, 6.45) is 0. The normalized spacial score (nSPS) is 14.9. The van der Waals surface area contributed by atoms with Crippen LogP contribution in [0.25, 0.3) is 0 Å². The fraction of sp³-hybridized carbons (Fsp3) is 0.333. The molecule has 0 spiro atoms. The summed E-state index contributed by atoms with van der Waals surface area (Å²) in [6.45, 7) is 6.60. The molecule has 1 atom stereocenters. The SMILES string of the molecule is C=C(Cl)CNC(C)c1ccc2c(c1)OCO2. The van der Waals surface area contributed by atoms with Crippen molar-refractivity contribution in [3.05, 3.63) is 35.4 Å². The molecule has 0 aliphatic carbocycles. The zero-order valence-corrected chi connectivity index (χ0v) is 9.88. The van der Waals surface area contributed by atoms with Crippen LogP contribution >= 0.6 is 11.6 Å². The molecule has 0 aromatic heterocycles. The molecule has 0 saturated carbocycles. The van der Waals surface area contributed by atoms with Crippen molar-refractivity contribution < 1.29 is 9.47 Å². The van der Waals surface area contributed by atoms with Crippen LogP contribution in [-0.2, 0) is 0 Å². The average molecular weight is 240 g/mol. The standard InChI is InChI=1S/C12H14ClNO2/c1-8(13)6-14-9(2)10-3-4-11-12(5-10)16-7-15-11/h3-5,9,14H,1,6-7H2,2H3. The minimum Gasteiger partial charge on any atom is -0.454 e. The summed E-state index contributed by atoms with van der Waals surface area (Å²) in [4.78, 5) is 0. The Hall–Kier alpha value is -1.19. The topological polar surface area (TPSA) is 30.5 Å². The molecule has 0 bridgehead atoms. The second-order valence-corrected chi connectivity index (χ2v) is 4.27. The second-order valence-electron chi connectivity index (χ2n) is 3.73. The van der Waals surface area contributed by atoms with Crippen LogP contribution in [0, 0.1) is 0 Å². The van der Waals surface area contributed by atoms with E-state index in [0.29, 0.717) is 18.4 Å². The molecule has 86 valence electrons. The van der Waals surface area contributed by atoms with Gasteiger partial charge in [0.2, 0.25) is 6.79 Å². The minimum atomic E-state index is 0.199. The molecule has 1 unspecified atom stereocenters. The van der Waals surface area contributed by atoms with Crippen molar-refractivity contribution >= 4 is 11.6 Å². The van der Waals surface area contributed by atoms with Gasteiger partial charge in [-0.05, 0) is 24.6 Å². The summed E-state index contributed by atoms with van der Waals surface area (Å²) in [6, 6.07) is 6.12. The van der Waals surface area contributed by atoms with Gasteiger partial charge in [-0.25, -0.2) is 0 Å². The Bertz CT molecular complexity index is 406. The Morgan fingerprint density at radius 2 is 2.25 bits per heavy atom. The highest BCUT2D eigenvalue weighted by Gasteiger charge is 2.15. The lowest BCUT2D eigenvalue weighted by Crippen LogP contribution is -2.19. The number of nitrogens with one attached hydrogen (secondary N) is 1. The number of rotatable bonds is 4. The first kappa shape index (κ1) is 11.3. The number of benzene rings is 1. The molecule has 0 fully saturated rings. The van der Waals surface area contributed by atoms with Gasteiger partial charge in [0.25, 0.3) is 0 Å². The highest BCUT2D eigenvalue weighted by atomic mass is 35.5. The van der Waals surface area contributed by atoms with Gasteiger partial charge in [-0.15, -0.1) is 0 Å². The predicted octanol–water partition coefficient (Wildman–Crippen LogP) is 2.82. The summed E-state index contributed by atoms with van der Waals surface area (Å²) in [5.74, 6) is 1.61. The van der Waals surface area contributed by atoms with Crippen LogP contribution in [0.2, 0.25) is 0 Å². The molecule has 1 heterocycles. The van der Waals surface area contributed by atoms with E-state index in [4.69, 9.17) is 21.1 Å². The molecule has 1 aromatic carbocycles. The lowest BCUT2D eigenvalue weighted by molar-refractivity contribution is 0.174. The third-order valence-electron chi connectivity index (χ3n) is 2.50. The van der Waals surface area contributed by atoms with Crippen LogP contribution in [0.5, 0.6) is 11.5 Å². The smallest absolute Gasteiger partial charge is 0.231 e. The van der Waals surface area contributed by atoms with Crippen LogP contribution in [0.4, 0.5) is 0 Å². The maximum Gasteiger partial charge on any atom is 0.231 e. The van der Waals surface area contributed by atoms with Gasteiger partial charge in [0.05, 0.1) is 0 Å². The zero-order valence-electron chi connectivity index (χ0n) is 9.13. The molecule has 4 heteroatoms. The zero-order chi connectivity index (χ0) is 11.5.